The van der Waals surface area contributed by atoms with Gasteiger partial charge in [-0.1, -0.05) is 35.3 Å². The van der Waals surface area contributed by atoms with Gasteiger partial charge < -0.3 is 10.6 Å². The lowest BCUT2D eigenvalue weighted by molar-refractivity contribution is 0.683. The van der Waals surface area contributed by atoms with Gasteiger partial charge in [-0.15, -0.1) is 24.0 Å². The normalized spacial score (nSPS) is 12.2. The molecule has 7 heteroatoms. The highest BCUT2D eigenvalue weighted by Crippen LogP contribution is 2.25. The molecule has 0 spiro atoms. The van der Waals surface area contributed by atoms with Crippen molar-refractivity contribution in [3.8, 4) is 0 Å². The monoisotopic (exact) mass is 478 g/mol. The summed E-state index contributed by atoms with van der Waals surface area (Å²) >= 11 is 12.2. The number of pyridine rings is 1. The highest BCUT2D eigenvalue weighted by atomic mass is 127. The number of hydrogen-bond donors (Lipinski definition) is 2. The first kappa shape index (κ1) is 21.0. The molecule has 0 aliphatic carbocycles. The first-order valence-corrected chi connectivity index (χ1v) is 8.18. The van der Waals surface area contributed by atoms with Gasteiger partial charge in [0.1, 0.15) is 0 Å². The molecule has 1 unspecified atom stereocenters. The van der Waals surface area contributed by atoms with Gasteiger partial charge >= 0.3 is 0 Å². The number of hydrogen-bond acceptors (Lipinski definition) is 2. The van der Waals surface area contributed by atoms with Gasteiger partial charge in [-0.2, -0.15) is 0 Å². The van der Waals surface area contributed by atoms with Crippen molar-refractivity contribution in [3.05, 3.63) is 63.9 Å². The Labute approximate surface area is 170 Å². The molecule has 2 rings (SSSR count). The Morgan fingerprint density at radius 1 is 1.25 bits per heavy atom. The van der Waals surface area contributed by atoms with Gasteiger partial charge in [-0.05, 0) is 36.8 Å². The van der Waals surface area contributed by atoms with E-state index in [1.807, 2.05) is 37.3 Å². The Morgan fingerprint density at radius 3 is 2.67 bits per heavy atom. The molecule has 0 radical (unpaired) electrons. The molecule has 1 aromatic carbocycles. The van der Waals surface area contributed by atoms with E-state index < -0.39 is 0 Å². The van der Waals surface area contributed by atoms with Gasteiger partial charge in [0.15, 0.2) is 5.96 Å². The standard InChI is InChI=1S/C17H20Cl2N4.HI/c1-12(15-7-6-13(18)11-16(15)19)23-17(20-2)22-10-8-14-5-3-4-9-21-14;/h3-7,9,11-12H,8,10H2,1-2H3,(H2,20,22,23);1H. The van der Waals surface area contributed by atoms with Crippen molar-refractivity contribution in [2.75, 3.05) is 13.6 Å². The minimum atomic E-state index is 0. The minimum absolute atomic E-state index is 0. The van der Waals surface area contributed by atoms with E-state index in [-0.39, 0.29) is 30.0 Å². The summed E-state index contributed by atoms with van der Waals surface area (Å²) in [5, 5.41) is 7.87. The van der Waals surface area contributed by atoms with E-state index in [2.05, 4.69) is 20.6 Å². The summed E-state index contributed by atoms with van der Waals surface area (Å²) in [6.45, 7) is 2.78. The molecule has 4 nitrogen and oxygen atoms in total. The van der Waals surface area contributed by atoms with E-state index in [0.717, 1.165) is 30.2 Å². The number of halogens is 3. The first-order valence-electron chi connectivity index (χ1n) is 7.42. The zero-order valence-electron chi connectivity index (χ0n) is 13.6. The molecule has 2 N–H and O–H groups in total. The second-order valence-electron chi connectivity index (χ2n) is 5.10. The number of nitrogens with one attached hydrogen (secondary N) is 2. The average Bonchev–Trinajstić information content (AvgIpc) is 2.54. The Kier molecular flexibility index (Phi) is 9.39. The van der Waals surface area contributed by atoms with E-state index >= 15 is 0 Å². The largest absolute Gasteiger partial charge is 0.356 e. The van der Waals surface area contributed by atoms with Crippen LogP contribution in [0.15, 0.2) is 47.6 Å². The van der Waals surface area contributed by atoms with Gasteiger partial charge in [0.05, 0.1) is 6.04 Å². The van der Waals surface area contributed by atoms with Crippen molar-refractivity contribution in [3.63, 3.8) is 0 Å². The molecular formula is C17H21Cl2IN4. The maximum atomic E-state index is 6.24. The Hall–Kier alpha value is -1.05. The molecule has 0 saturated carbocycles. The van der Waals surface area contributed by atoms with Gasteiger partial charge in [-0.3, -0.25) is 9.98 Å². The van der Waals surface area contributed by atoms with Crippen molar-refractivity contribution in [2.45, 2.75) is 19.4 Å². The number of rotatable bonds is 5. The molecule has 2 aromatic rings. The van der Waals surface area contributed by atoms with E-state index in [1.165, 1.54) is 0 Å². The number of benzene rings is 1. The Morgan fingerprint density at radius 2 is 2.04 bits per heavy atom. The number of guanidine groups is 1. The van der Waals surface area contributed by atoms with Crippen LogP contribution in [0.25, 0.3) is 0 Å². The van der Waals surface area contributed by atoms with Gasteiger partial charge in [0.2, 0.25) is 0 Å². The highest BCUT2D eigenvalue weighted by molar-refractivity contribution is 14.0. The molecule has 0 saturated heterocycles. The Bertz CT molecular complexity index is 665. The summed E-state index contributed by atoms with van der Waals surface area (Å²) in [6, 6.07) is 11.4. The molecular weight excluding hydrogens is 458 g/mol. The fourth-order valence-corrected chi connectivity index (χ4v) is 2.76. The lowest BCUT2D eigenvalue weighted by Crippen LogP contribution is -2.39. The SMILES string of the molecule is CN=C(NCCc1ccccn1)NC(C)c1ccc(Cl)cc1Cl.I. The maximum absolute atomic E-state index is 6.24. The Balaban J connectivity index is 0.00000288. The molecule has 1 atom stereocenters. The molecule has 0 aliphatic heterocycles. The predicted octanol–water partition coefficient (Wildman–Crippen LogP) is 4.48. The number of aromatic nitrogens is 1. The van der Waals surface area contributed by atoms with Crippen LogP contribution in [0.5, 0.6) is 0 Å². The summed E-state index contributed by atoms with van der Waals surface area (Å²) in [7, 11) is 1.74. The fraction of sp³-hybridized carbons (Fsp3) is 0.294. The van der Waals surface area contributed by atoms with Crippen LogP contribution in [0.2, 0.25) is 10.0 Å². The second-order valence-corrected chi connectivity index (χ2v) is 5.95. The van der Waals surface area contributed by atoms with Crippen molar-refractivity contribution in [2.24, 2.45) is 4.99 Å². The maximum Gasteiger partial charge on any atom is 0.191 e. The lowest BCUT2D eigenvalue weighted by atomic mass is 10.1. The van der Waals surface area contributed by atoms with Gasteiger partial charge in [0.25, 0.3) is 0 Å². The third-order valence-corrected chi connectivity index (χ3v) is 3.97. The van der Waals surface area contributed by atoms with Crippen molar-refractivity contribution >= 4 is 53.1 Å². The topological polar surface area (TPSA) is 49.3 Å². The summed E-state index contributed by atoms with van der Waals surface area (Å²) in [5.74, 6) is 0.722. The molecule has 0 bridgehead atoms. The summed E-state index contributed by atoms with van der Waals surface area (Å²) in [6.07, 6.45) is 2.63. The predicted molar refractivity (Wildman–Crippen MR) is 113 cm³/mol. The quantitative estimate of drug-likeness (QED) is 0.378. The van der Waals surface area contributed by atoms with Crippen LogP contribution in [0, 0.1) is 0 Å². The third-order valence-electron chi connectivity index (χ3n) is 3.41. The van der Waals surface area contributed by atoms with E-state index in [9.17, 15) is 0 Å². The number of aliphatic imine (C=N–C) groups is 1. The van der Waals surface area contributed by atoms with Crippen molar-refractivity contribution in [1.29, 1.82) is 0 Å². The van der Waals surface area contributed by atoms with Gasteiger partial charge in [-0.25, -0.2) is 0 Å². The van der Waals surface area contributed by atoms with Crippen LogP contribution >= 0.6 is 47.2 Å². The van der Waals surface area contributed by atoms with Crippen molar-refractivity contribution in [1.82, 2.24) is 15.6 Å². The van der Waals surface area contributed by atoms with Crippen molar-refractivity contribution < 1.29 is 0 Å². The zero-order valence-corrected chi connectivity index (χ0v) is 17.4. The van der Waals surface area contributed by atoms with Crippen LogP contribution in [0.1, 0.15) is 24.2 Å². The second kappa shape index (κ2) is 10.7. The minimum Gasteiger partial charge on any atom is -0.356 e. The molecule has 24 heavy (non-hydrogen) atoms. The fourth-order valence-electron chi connectivity index (χ4n) is 2.19. The zero-order chi connectivity index (χ0) is 16.7. The summed E-state index contributed by atoms with van der Waals surface area (Å²) < 4.78 is 0. The van der Waals surface area contributed by atoms with Gasteiger partial charge in [0, 0.05) is 41.9 Å². The number of nitrogens with zero attached hydrogens (tertiary/aromatic N) is 2. The molecule has 0 aliphatic rings. The van der Waals surface area contributed by atoms with Crippen LogP contribution in [-0.2, 0) is 6.42 Å². The average molecular weight is 479 g/mol. The van der Waals surface area contributed by atoms with E-state index in [4.69, 9.17) is 23.2 Å². The summed E-state index contributed by atoms with van der Waals surface area (Å²) in [4.78, 5) is 8.54. The lowest BCUT2D eigenvalue weighted by Gasteiger charge is -2.19. The smallest absolute Gasteiger partial charge is 0.191 e. The molecule has 130 valence electrons. The molecule has 1 aromatic heterocycles. The molecule has 0 fully saturated rings. The van der Waals surface area contributed by atoms with E-state index in [0.29, 0.717) is 10.0 Å². The molecule has 0 amide bonds. The van der Waals surface area contributed by atoms with E-state index in [1.54, 1.807) is 19.3 Å². The molecule has 1 heterocycles. The first-order chi connectivity index (χ1) is 11.1. The van der Waals surface area contributed by atoms with Crippen LogP contribution < -0.4 is 10.6 Å². The van der Waals surface area contributed by atoms with Crippen LogP contribution in [-0.4, -0.2) is 24.5 Å². The summed E-state index contributed by atoms with van der Waals surface area (Å²) in [5.41, 5.74) is 2.02. The third kappa shape index (κ3) is 6.45. The highest BCUT2D eigenvalue weighted by Gasteiger charge is 2.11. The van der Waals surface area contributed by atoms with Crippen LogP contribution in [0.3, 0.4) is 0 Å². The van der Waals surface area contributed by atoms with Crippen LogP contribution in [0.4, 0.5) is 0 Å².